The first-order chi connectivity index (χ1) is 11.5. The van der Waals surface area contributed by atoms with Crippen molar-refractivity contribution in [2.24, 2.45) is 0 Å². The lowest BCUT2D eigenvalue weighted by Gasteiger charge is -2.22. The summed E-state index contributed by atoms with van der Waals surface area (Å²) in [5, 5.41) is 15.8. The zero-order chi connectivity index (χ0) is 17.5. The maximum Gasteiger partial charge on any atom is 0.319 e. The normalized spacial score (nSPS) is 13.2. The van der Waals surface area contributed by atoms with E-state index in [1.54, 1.807) is 12.1 Å². The van der Waals surface area contributed by atoms with E-state index in [1.165, 1.54) is 6.26 Å². The minimum Gasteiger partial charge on any atom is -0.467 e. The maximum atomic E-state index is 12.2. The summed E-state index contributed by atoms with van der Waals surface area (Å²) in [4.78, 5) is 14.3. The van der Waals surface area contributed by atoms with Gasteiger partial charge < -0.3 is 25.1 Å². The van der Waals surface area contributed by atoms with Crippen LogP contribution in [0, 0.1) is 0 Å². The topological polar surface area (TPSA) is 77.7 Å². The van der Waals surface area contributed by atoms with E-state index < -0.39 is 6.10 Å². The number of hydrogen-bond acceptors (Lipinski definition) is 4. The number of urea groups is 1. The Morgan fingerprint density at radius 3 is 2.71 bits per heavy atom. The molecule has 2 atom stereocenters. The third-order valence-electron chi connectivity index (χ3n) is 3.86. The molecule has 1 aromatic heterocycles. The SMILES string of the molecule is CCN(C)c1ccccc1NC(=O)NC(C)CC(O)c1ccco1. The van der Waals surface area contributed by atoms with Crippen molar-refractivity contribution in [2.75, 3.05) is 23.8 Å². The Morgan fingerprint density at radius 2 is 2.04 bits per heavy atom. The Labute approximate surface area is 142 Å². The minimum absolute atomic E-state index is 0.207. The summed E-state index contributed by atoms with van der Waals surface area (Å²) >= 11 is 0. The molecule has 6 heteroatoms. The molecule has 2 rings (SSSR count). The highest BCUT2D eigenvalue weighted by Crippen LogP contribution is 2.24. The van der Waals surface area contributed by atoms with Crippen LogP contribution in [0.4, 0.5) is 16.2 Å². The first-order valence-corrected chi connectivity index (χ1v) is 8.10. The number of benzene rings is 1. The highest BCUT2D eigenvalue weighted by Gasteiger charge is 2.17. The van der Waals surface area contributed by atoms with Gasteiger partial charge in [0.2, 0.25) is 0 Å². The standard InChI is InChI=1S/C18H25N3O3/c1-4-21(3)15-9-6-5-8-14(15)20-18(23)19-13(2)12-16(22)17-10-7-11-24-17/h5-11,13,16,22H,4,12H2,1-3H3,(H2,19,20,23). The van der Waals surface area contributed by atoms with Crippen molar-refractivity contribution >= 4 is 17.4 Å². The van der Waals surface area contributed by atoms with Gasteiger partial charge in [-0.05, 0) is 38.1 Å². The van der Waals surface area contributed by atoms with Gasteiger partial charge in [-0.15, -0.1) is 0 Å². The Hall–Kier alpha value is -2.47. The van der Waals surface area contributed by atoms with Gasteiger partial charge in [0, 0.05) is 26.1 Å². The average molecular weight is 331 g/mol. The molecule has 0 aliphatic carbocycles. The molecule has 0 saturated carbocycles. The van der Waals surface area contributed by atoms with Crippen molar-refractivity contribution in [3.05, 3.63) is 48.4 Å². The van der Waals surface area contributed by atoms with Gasteiger partial charge in [0.05, 0.1) is 17.6 Å². The van der Waals surface area contributed by atoms with Crippen LogP contribution < -0.4 is 15.5 Å². The largest absolute Gasteiger partial charge is 0.467 e. The summed E-state index contributed by atoms with van der Waals surface area (Å²) in [6.45, 7) is 4.73. The second-order valence-corrected chi connectivity index (χ2v) is 5.80. The van der Waals surface area contributed by atoms with E-state index in [-0.39, 0.29) is 12.1 Å². The van der Waals surface area contributed by atoms with E-state index in [2.05, 4.69) is 22.5 Å². The first kappa shape index (κ1) is 17.9. The second-order valence-electron chi connectivity index (χ2n) is 5.80. The Bertz CT molecular complexity index is 643. The molecular weight excluding hydrogens is 306 g/mol. The number of hydrogen-bond donors (Lipinski definition) is 3. The summed E-state index contributed by atoms with van der Waals surface area (Å²) in [6.07, 6.45) is 1.15. The molecule has 0 bridgehead atoms. The molecule has 3 N–H and O–H groups in total. The summed E-state index contributed by atoms with van der Waals surface area (Å²) in [6, 6.07) is 10.6. The van der Waals surface area contributed by atoms with Gasteiger partial charge in [-0.1, -0.05) is 12.1 Å². The van der Waals surface area contributed by atoms with E-state index >= 15 is 0 Å². The number of amides is 2. The van der Waals surface area contributed by atoms with Crippen molar-refractivity contribution in [3.8, 4) is 0 Å². The van der Waals surface area contributed by atoms with E-state index in [4.69, 9.17) is 4.42 Å². The summed E-state index contributed by atoms with van der Waals surface area (Å²) in [7, 11) is 1.97. The highest BCUT2D eigenvalue weighted by atomic mass is 16.4. The van der Waals surface area contributed by atoms with Crippen molar-refractivity contribution in [3.63, 3.8) is 0 Å². The summed E-state index contributed by atoms with van der Waals surface area (Å²) in [5.41, 5.74) is 1.71. The fraction of sp³-hybridized carbons (Fsp3) is 0.389. The molecule has 6 nitrogen and oxygen atoms in total. The van der Waals surface area contributed by atoms with Gasteiger partial charge in [0.15, 0.2) is 0 Å². The predicted molar refractivity (Wildman–Crippen MR) is 95.3 cm³/mol. The molecule has 1 heterocycles. The predicted octanol–water partition coefficient (Wildman–Crippen LogP) is 3.37. The number of nitrogens with one attached hydrogen (secondary N) is 2. The molecule has 2 amide bonds. The van der Waals surface area contributed by atoms with Crippen LogP contribution in [0.2, 0.25) is 0 Å². The zero-order valence-corrected chi connectivity index (χ0v) is 14.3. The number of furan rings is 1. The molecule has 0 aliphatic heterocycles. The van der Waals surface area contributed by atoms with Crippen LogP contribution >= 0.6 is 0 Å². The number of carbonyl (C=O) groups is 1. The van der Waals surface area contributed by atoms with Crippen molar-refractivity contribution < 1.29 is 14.3 Å². The van der Waals surface area contributed by atoms with E-state index in [0.717, 1.165) is 17.9 Å². The number of rotatable bonds is 7. The van der Waals surface area contributed by atoms with Crippen LogP contribution in [0.3, 0.4) is 0 Å². The van der Waals surface area contributed by atoms with Crippen LogP contribution in [0.5, 0.6) is 0 Å². The smallest absolute Gasteiger partial charge is 0.319 e. The molecule has 1 aromatic carbocycles. The van der Waals surface area contributed by atoms with Crippen LogP contribution in [-0.2, 0) is 0 Å². The molecule has 24 heavy (non-hydrogen) atoms. The van der Waals surface area contributed by atoms with Gasteiger partial charge in [-0.2, -0.15) is 0 Å². The molecule has 130 valence electrons. The number of aliphatic hydroxyl groups excluding tert-OH is 1. The van der Waals surface area contributed by atoms with Crippen LogP contribution in [0.25, 0.3) is 0 Å². The lowest BCUT2D eigenvalue weighted by atomic mass is 10.1. The fourth-order valence-electron chi connectivity index (χ4n) is 2.46. The molecule has 2 unspecified atom stereocenters. The third kappa shape index (κ3) is 4.76. The molecular formula is C18H25N3O3. The molecule has 0 spiro atoms. The van der Waals surface area contributed by atoms with Gasteiger partial charge >= 0.3 is 6.03 Å². The first-order valence-electron chi connectivity index (χ1n) is 8.10. The summed E-state index contributed by atoms with van der Waals surface area (Å²) < 4.78 is 5.17. The van der Waals surface area contributed by atoms with E-state index in [1.807, 2.05) is 38.2 Å². The average Bonchev–Trinajstić information content (AvgIpc) is 3.09. The van der Waals surface area contributed by atoms with Crippen molar-refractivity contribution in [1.82, 2.24) is 5.32 Å². The quantitative estimate of drug-likeness (QED) is 0.727. The fourth-order valence-corrected chi connectivity index (χ4v) is 2.46. The van der Waals surface area contributed by atoms with Crippen LogP contribution in [0.1, 0.15) is 32.1 Å². The molecule has 0 aliphatic rings. The van der Waals surface area contributed by atoms with Crippen LogP contribution in [0.15, 0.2) is 47.1 Å². The number of para-hydroxylation sites is 2. The lowest BCUT2D eigenvalue weighted by molar-refractivity contribution is 0.130. The number of aliphatic hydroxyl groups is 1. The second kappa shape index (κ2) is 8.40. The Morgan fingerprint density at radius 1 is 1.29 bits per heavy atom. The van der Waals surface area contributed by atoms with Gasteiger partial charge in [-0.3, -0.25) is 0 Å². The Kier molecular flexibility index (Phi) is 6.26. The lowest BCUT2D eigenvalue weighted by Crippen LogP contribution is -2.37. The van der Waals surface area contributed by atoms with Crippen LogP contribution in [-0.4, -0.2) is 30.8 Å². The maximum absolute atomic E-state index is 12.2. The molecule has 0 fully saturated rings. The van der Waals surface area contributed by atoms with Gasteiger partial charge in [-0.25, -0.2) is 4.79 Å². The molecule has 2 aromatic rings. The zero-order valence-electron chi connectivity index (χ0n) is 14.3. The summed E-state index contributed by atoms with van der Waals surface area (Å²) in [5.74, 6) is 0.499. The highest BCUT2D eigenvalue weighted by molar-refractivity contribution is 5.93. The van der Waals surface area contributed by atoms with Crippen molar-refractivity contribution in [1.29, 1.82) is 0 Å². The number of nitrogens with zero attached hydrogens (tertiary/aromatic N) is 1. The molecule has 0 saturated heterocycles. The molecule has 0 radical (unpaired) electrons. The monoisotopic (exact) mass is 331 g/mol. The van der Waals surface area contributed by atoms with E-state index in [9.17, 15) is 9.90 Å². The number of anilines is 2. The van der Waals surface area contributed by atoms with E-state index in [0.29, 0.717) is 12.2 Å². The Balaban J connectivity index is 1.91. The van der Waals surface area contributed by atoms with Gasteiger partial charge in [0.25, 0.3) is 0 Å². The minimum atomic E-state index is -0.742. The van der Waals surface area contributed by atoms with Crippen molar-refractivity contribution in [2.45, 2.75) is 32.4 Å². The third-order valence-corrected chi connectivity index (χ3v) is 3.86. The number of carbonyl (C=O) groups excluding carboxylic acids is 1. The van der Waals surface area contributed by atoms with Gasteiger partial charge in [0.1, 0.15) is 11.9 Å².